The van der Waals surface area contributed by atoms with Gasteiger partial charge < -0.3 is 0 Å². The number of rotatable bonds is 1. The lowest BCUT2D eigenvalue weighted by molar-refractivity contribution is 1.24. The van der Waals surface area contributed by atoms with Crippen molar-refractivity contribution in [3.05, 3.63) is 38.4 Å². The predicted molar refractivity (Wildman–Crippen MR) is 55.1 cm³/mol. The summed E-state index contributed by atoms with van der Waals surface area (Å²) in [5.74, 6) is 5.26. The fourth-order valence-electron chi connectivity index (χ4n) is 0.697. The molecule has 70 valence electrons. The van der Waals surface area contributed by atoms with Gasteiger partial charge in [0.15, 0.2) is 0 Å². The Labute approximate surface area is 90.5 Å². The van der Waals surface area contributed by atoms with Gasteiger partial charge in [0.1, 0.15) is 5.69 Å². The fraction of sp³-hybridized carbons (Fsp3) is 0.125. The number of aromatic nitrogens is 1. The Hall–Kier alpha value is -1.40. The van der Waals surface area contributed by atoms with Crippen LogP contribution < -0.4 is 0 Å². The molecular weight excluding hydrogens is 223 g/mol. The van der Waals surface area contributed by atoms with Crippen molar-refractivity contribution in [1.82, 2.24) is 4.98 Å². The van der Waals surface area contributed by atoms with E-state index in [0.29, 0.717) is 15.7 Å². The van der Waals surface area contributed by atoms with Crippen LogP contribution in [0.2, 0.25) is 10.0 Å². The molecule has 0 saturated carbocycles. The summed E-state index contributed by atoms with van der Waals surface area (Å²) in [5, 5.41) is 4.08. The minimum absolute atomic E-state index is 0.0944. The number of nitrogens with zero attached hydrogens (tertiary/aromatic N) is 4. The quantitative estimate of drug-likeness (QED) is 0.314. The maximum Gasteiger partial charge on any atom is 0.131 e. The van der Waals surface area contributed by atoms with Crippen molar-refractivity contribution in [2.75, 3.05) is 6.54 Å². The van der Waals surface area contributed by atoms with Gasteiger partial charge in [-0.2, -0.15) is 0 Å². The average molecular weight is 227 g/mol. The van der Waals surface area contributed by atoms with Crippen molar-refractivity contribution >= 4 is 23.2 Å². The zero-order valence-electron chi connectivity index (χ0n) is 6.91. The molecule has 0 saturated heterocycles. The first-order chi connectivity index (χ1) is 6.74. The average Bonchev–Trinajstić information content (AvgIpc) is 2.15. The van der Waals surface area contributed by atoms with Crippen molar-refractivity contribution in [3.63, 3.8) is 0 Å². The van der Waals surface area contributed by atoms with Crippen LogP contribution in [-0.2, 0) is 0 Å². The number of halogens is 2. The maximum absolute atomic E-state index is 7.99. The van der Waals surface area contributed by atoms with E-state index in [1.807, 2.05) is 0 Å². The van der Waals surface area contributed by atoms with Crippen molar-refractivity contribution in [1.29, 1.82) is 0 Å². The summed E-state index contributed by atoms with van der Waals surface area (Å²) >= 11 is 11.4. The summed E-state index contributed by atoms with van der Waals surface area (Å²) in [5.41, 5.74) is 8.41. The monoisotopic (exact) mass is 226 g/mol. The molecule has 0 aliphatic carbocycles. The van der Waals surface area contributed by atoms with E-state index in [-0.39, 0.29) is 6.54 Å². The molecule has 0 aliphatic rings. The Morgan fingerprint density at radius 3 is 3.00 bits per heavy atom. The van der Waals surface area contributed by atoms with Gasteiger partial charge in [-0.1, -0.05) is 34.2 Å². The maximum atomic E-state index is 7.99. The highest BCUT2D eigenvalue weighted by molar-refractivity contribution is 6.35. The van der Waals surface area contributed by atoms with Gasteiger partial charge >= 0.3 is 0 Å². The first-order valence-corrected chi connectivity index (χ1v) is 4.30. The Morgan fingerprint density at radius 2 is 2.36 bits per heavy atom. The normalized spacial score (nSPS) is 8.43. The summed E-state index contributed by atoms with van der Waals surface area (Å²) in [6.07, 6.45) is 1.45. The number of hydrogen-bond acceptors (Lipinski definition) is 2. The van der Waals surface area contributed by atoms with E-state index in [1.165, 1.54) is 6.20 Å². The topological polar surface area (TPSA) is 61.7 Å². The SMILES string of the molecule is [N-]=[N+]=NCC#Cc1ncc(Cl)cc1Cl. The molecule has 6 heteroatoms. The molecule has 0 radical (unpaired) electrons. The highest BCUT2D eigenvalue weighted by Gasteiger charge is 1.98. The Balaban J connectivity index is 2.84. The van der Waals surface area contributed by atoms with Gasteiger partial charge in [0, 0.05) is 11.1 Å². The first kappa shape index (κ1) is 10.7. The van der Waals surface area contributed by atoms with Crippen LogP contribution in [0.25, 0.3) is 10.4 Å². The number of hydrogen-bond donors (Lipinski definition) is 0. The second-order valence-electron chi connectivity index (χ2n) is 2.17. The molecule has 0 aromatic carbocycles. The van der Waals surface area contributed by atoms with Gasteiger partial charge in [-0.3, -0.25) is 0 Å². The van der Waals surface area contributed by atoms with Crippen LogP contribution in [-0.4, -0.2) is 11.5 Å². The molecule has 0 unspecified atom stereocenters. The second kappa shape index (κ2) is 5.36. The molecule has 1 heterocycles. The third kappa shape index (κ3) is 3.15. The largest absolute Gasteiger partial charge is 0.245 e. The predicted octanol–water partition coefficient (Wildman–Crippen LogP) is 3.05. The molecule has 14 heavy (non-hydrogen) atoms. The first-order valence-electron chi connectivity index (χ1n) is 3.55. The van der Waals surface area contributed by atoms with E-state index >= 15 is 0 Å². The van der Waals surface area contributed by atoms with Crippen LogP contribution in [0.4, 0.5) is 0 Å². The molecule has 0 spiro atoms. The summed E-state index contributed by atoms with van der Waals surface area (Å²) in [6, 6.07) is 1.55. The molecule has 1 rings (SSSR count). The standard InChI is InChI=1S/C8H4Cl2N4/c9-6-4-7(10)8(12-5-6)2-1-3-13-14-11/h4-5H,3H2. The van der Waals surface area contributed by atoms with Crippen molar-refractivity contribution in [2.45, 2.75) is 0 Å². The van der Waals surface area contributed by atoms with Crippen LogP contribution in [0.3, 0.4) is 0 Å². The van der Waals surface area contributed by atoms with E-state index in [4.69, 9.17) is 28.7 Å². The minimum Gasteiger partial charge on any atom is -0.245 e. The summed E-state index contributed by atoms with van der Waals surface area (Å²) in [6.45, 7) is 0.0944. The highest BCUT2D eigenvalue weighted by atomic mass is 35.5. The molecule has 0 aliphatic heterocycles. The molecule has 1 aromatic rings. The van der Waals surface area contributed by atoms with Crippen LogP contribution in [0.1, 0.15) is 5.69 Å². The minimum atomic E-state index is 0.0944. The smallest absolute Gasteiger partial charge is 0.131 e. The Bertz CT molecular complexity index is 440. The summed E-state index contributed by atoms with van der Waals surface area (Å²) in [7, 11) is 0. The highest BCUT2D eigenvalue weighted by Crippen LogP contribution is 2.17. The van der Waals surface area contributed by atoms with Gasteiger partial charge in [-0.05, 0) is 17.5 Å². The number of pyridine rings is 1. The van der Waals surface area contributed by atoms with Gasteiger partial charge in [-0.25, -0.2) is 4.98 Å². The van der Waals surface area contributed by atoms with Crippen LogP contribution in [0, 0.1) is 11.8 Å². The van der Waals surface area contributed by atoms with Crippen LogP contribution in [0.5, 0.6) is 0 Å². The van der Waals surface area contributed by atoms with E-state index in [1.54, 1.807) is 6.07 Å². The van der Waals surface area contributed by atoms with E-state index in [0.717, 1.165) is 0 Å². The zero-order chi connectivity index (χ0) is 10.4. The molecular formula is C8H4Cl2N4. The van der Waals surface area contributed by atoms with Crippen LogP contribution in [0.15, 0.2) is 17.4 Å². The molecule has 0 N–H and O–H groups in total. The van der Waals surface area contributed by atoms with Gasteiger partial charge in [-0.15, -0.1) is 0 Å². The Morgan fingerprint density at radius 1 is 1.57 bits per heavy atom. The number of azide groups is 1. The molecule has 4 nitrogen and oxygen atoms in total. The molecule has 0 amide bonds. The molecule has 0 atom stereocenters. The van der Waals surface area contributed by atoms with E-state index in [9.17, 15) is 0 Å². The van der Waals surface area contributed by atoms with Gasteiger partial charge in [0.2, 0.25) is 0 Å². The van der Waals surface area contributed by atoms with Gasteiger partial charge in [0.05, 0.1) is 16.6 Å². The van der Waals surface area contributed by atoms with Gasteiger partial charge in [0.25, 0.3) is 0 Å². The molecule has 0 fully saturated rings. The second-order valence-corrected chi connectivity index (χ2v) is 3.02. The fourth-order valence-corrected chi connectivity index (χ4v) is 1.12. The summed E-state index contributed by atoms with van der Waals surface area (Å²) < 4.78 is 0. The lowest BCUT2D eigenvalue weighted by Gasteiger charge is -1.93. The van der Waals surface area contributed by atoms with Crippen molar-refractivity contribution in [2.24, 2.45) is 5.11 Å². The van der Waals surface area contributed by atoms with E-state index < -0.39 is 0 Å². The van der Waals surface area contributed by atoms with Crippen molar-refractivity contribution in [3.8, 4) is 11.8 Å². The van der Waals surface area contributed by atoms with E-state index in [2.05, 4.69) is 26.9 Å². The zero-order valence-corrected chi connectivity index (χ0v) is 8.42. The Kier molecular flexibility index (Phi) is 4.09. The molecule has 0 bridgehead atoms. The third-order valence-corrected chi connectivity index (χ3v) is 1.72. The lowest BCUT2D eigenvalue weighted by Crippen LogP contribution is -1.83. The van der Waals surface area contributed by atoms with Crippen LogP contribution >= 0.6 is 23.2 Å². The third-order valence-electron chi connectivity index (χ3n) is 1.23. The lowest BCUT2D eigenvalue weighted by atomic mass is 10.3. The molecule has 1 aromatic heterocycles. The summed E-state index contributed by atoms with van der Waals surface area (Å²) in [4.78, 5) is 6.45. The van der Waals surface area contributed by atoms with Crippen molar-refractivity contribution < 1.29 is 0 Å².